The summed E-state index contributed by atoms with van der Waals surface area (Å²) >= 11 is 0. The number of nitrogens with zero attached hydrogens (tertiary/aromatic N) is 4. The molecule has 0 spiro atoms. The minimum absolute atomic E-state index is 0.163. The fourth-order valence-corrected chi connectivity index (χ4v) is 4.05. The molecule has 1 heterocycles. The Morgan fingerprint density at radius 2 is 1.73 bits per heavy atom. The number of benzene rings is 2. The van der Waals surface area contributed by atoms with Crippen LogP contribution in [-0.2, 0) is 16.0 Å². The number of aromatic amines is 1. The number of nitro groups is 1. The van der Waals surface area contributed by atoms with Crippen LogP contribution < -0.4 is 16.9 Å². The molecule has 0 aliphatic carbocycles. The third kappa shape index (κ3) is 7.70. The zero-order valence-corrected chi connectivity index (χ0v) is 20.2. The lowest BCUT2D eigenvalue weighted by atomic mass is 9.89. The van der Waals surface area contributed by atoms with Gasteiger partial charge in [0.15, 0.2) is 5.03 Å². The van der Waals surface area contributed by atoms with E-state index >= 15 is 0 Å². The Balaban J connectivity index is 2.04. The van der Waals surface area contributed by atoms with E-state index < -0.39 is 28.9 Å². The van der Waals surface area contributed by atoms with Gasteiger partial charge in [0.25, 0.3) is 11.9 Å². The number of amides is 2. The van der Waals surface area contributed by atoms with Crippen LogP contribution in [0.4, 0.5) is 0 Å². The van der Waals surface area contributed by atoms with Crippen LogP contribution in [0.2, 0.25) is 0 Å². The molecule has 0 saturated carbocycles. The molecule has 0 radical (unpaired) electrons. The summed E-state index contributed by atoms with van der Waals surface area (Å²) in [6.07, 6.45) is 4.19. The molecule has 6 N–H and O–H groups in total. The lowest BCUT2D eigenvalue weighted by molar-refractivity contribution is -0.525. The van der Waals surface area contributed by atoms with Gasteiger partial charge in [0.05, 0.1) is 12.2 Å². The number of imidazole rings is 1. The van der Waals surface area contributed by atoms with E-state index in [2.05, 4.69) is 15.0 Å². The highest BCUT2D eigenvalue weighted by molar-refractivity contribution is 5.97. The van der Waals surface area contributed by atoms with Crippen molar-refractivity contribution in [2.24, 2.45) is 16.5 Å². The zero-order chi connectivity index (χ0) is 26.6. The molecule has 0 unspecified atom stereocenters. The highest BCUT2D eigenvalue weighted by Crippen LogP contribution is 2.28. The summed E-state index contributed by atoms with van der Waals surface area (Å²) in [5, 5.41) is 9.83. The predicted octanol–water partition coefficient (Wildman–Crippen LogP) is 1.34. The Kier molecular flexibility index (Phi) is 9.85. The minimum Gasteiger partial charge on any atom is -0.365 e. The summed E-state index contributed by atoms with van der Waals surface area (Å²) in [4.78, 5) is 50.4. The maximum atomic E-state index is 14.3. The van der Waals surface area contributed by atoms with Gasteiger partial charge in [0.1, 0.15) is 6.04 Å². The number of rotatable bonds is 12. The van der Waals surface area contributed by atoms with Crippen LogP contribution in [0.25, 0.3) is 0 Å². The Hall–Kier alpha value is -4.58. The van der Waals surface area contributed by atoms with Crippen LogP contribution in [0, 0.1) is 10.1 Å². The Morgan fingerprint density at radius 1 is 1.11 bits per heavy atom. The van der Waals surface area contributed by atoms with E-state index in [-0.39, 0.29) is 25.4 Å². The van der Waals surface area contributed by atoms with Crippen molar-refractivity contribution in [3.63, 3.8) is 0 Å². The molecule has 0 aliphatic rings. The number of hydrogen-bond donors (Lipinski definition) is 4. The van der Waals surface area contributed by atoms with Crippen LogP contribution >= 0.6 is 0 Å². The number of aliphatic imine (C=N–C) groups is 1. The fourth-order valence-electron chi connectivity index (χ4n) is 4.05. The van der Waals surface area contributed by atoms with Gasteiger partial charge in [-0.3, -0.25) is 9.59 Å². The molecule has 2 amide bonds. The van der Waals surface area contributed by atoms with Gasteiger partial charge in [0, 0.05) is 24.9 Å². The van der Waals surface area contributed by atoms with Crippen molar-refractivity contribution < 1.29 is 14.6 Å². The number of carbonyl (C=O) groups excluding carboxylic acids is 2. The van der Waals surface area contributed by atoms with E-state index in [4.69, 9.17) is 11.5 Å². The number of nitrogens with two attached hydrogens (primary N) is 2. The number of aromatic nitrogens is 2. The molecular formula is C25H30N8O4. The number of H-pyrrole nitrogens is 1. The first kappa shape index (κ1) is 27.0. The normalized spacial score (nSPS) is 12.2. The molecule has 1 atom stereocenters. The number of hydrogen-bond acceptors (Lipinski definition) is 6. The van der Waals surface area contributed by atoms with E-state index in [0.29, 0.717) is 12.8 Å². The molecule has 12 heteroatoms. The first-order valence-electron chi connectivity index (χ1n) is 11.8. The molecule has 2 aromatic carbocycles. The molecular weight excluding hydrogens is 476 g/mol. The molecule has 0 aliphatic heterocycles. The average Bonchev–Trinajstić information content (AvgIpc) is 3.40. The Morgan fingerprint density at radius 3 is 2.24 bits per heavy atom. The molecule has 3 aromatic rings. The molecule has 194 valence electrons. The summed E-state index contributed by atoms with van der Waals surface area (Å²) in [5.74, 6) is -2.46. The largest absolute Gasteiger partial charge is 0.365 e. The summed E-state index contributed by atoms with van der Waals surface area (Å²) in [6.45, 7) is 0.440. The second-order valence-electron chi connectivity index (χ2n) is 8.26. The van der Waals surface area contributed by atoms with Crippen LogP contribution in [0.1, 0.15) is 35.6 Å². The molecule has 37 heavy (non-hydrogen) atoms. The van der Waals surface area contributed by atoms with E-state index in [9.17, 15) is 19.7 Å². The topological polar surface area (TPSA) is 186 Å². The van der Waals surface area contributed by atoms with Gasteiger partial charge in [0.2, 0.25) is 5.91 Å². The molecule has 0 saturated heterocycles. The van der Waals surface area contributed by atoms with Gasteiger partial charge in [-0.2, -0.15) is 4.99 Å². The standard InChI is InChI=1S/C25H30N8O4/c26-14-7-12-21(23(34)30-25(27)31-33(36)37)32(15-13-20-16-28-17-29-20)24(35)22(18-8-3-1-4-9-18)19-10-5-2-6-11-19/h1-6,8-11,16-17,21-22H,7,12-15,26H2,(H,28,29)(H3,27,30,31,34)/t21-/m0/s1. The molecule has 3 rings (SSSR count). The number of carbonyl (C=O) groups is 2. The van der Waals surface area contributed by atoms with Crippen LogP contribution in [0.5, 0.6) is 0 Å². The predicted molar refractivity (Wildman–Crippen MR) is 138 cm³/mol. The van der Waals surface area contributed by atoms with Crippen LogP contribution in [-0.4, -0.2) is 56.8 Å². The van der Waals surface area contributed by atoms with Crippen molar-refractivity contribution in [2.75, 3.05) is 13.1 Å². The highest BCUT2D eigenvalue weighted by Gasteiger charge is 2.35. The van der Waals surface area contributed by atoms with E-state index in [1.54, 1.807) is 11.6 Å². The summed E-state index contributed by atoms with van der Waals surface area (Å²) < 4.78 is 0. The van der Waals surface area contributed by atoms with Crippen molar-refractivity contribution in [2.45, 2.75) is 31.2 Å². The van der Waals surface area contributed by atoms with Crippen LogP contribution in [0.15, 0.2) is 78.2 Å². The van der Waals surface area contributed by atoms with Crippen molar-refractivity contribution in [3.05, 3.63) is 100 Å². The molecule has 0 bridgehead atoms. The molecule has 1 aromatic heterocycles. The maximum absolute atomic E-state index is 14.3. The van der Waals surface area contributed by atoms with Gasteiger partial charge < -0.3 is 21.4 Å². The number of hydrazine groups is 1. The number of guanidine groups is 1. The number of nitrogens with one attached hydrogen (secondary N) is 2. The zero-order valence-electron chi connectivity index (χ0n) is 20.2. The van der Waals surface area contributed by atoms with Crippen molar-refractivity contribution in [1.29, 1.82) is 0 Å². The average molecular weight is 507 g/mol. The SMILES string of the molecule is NCCC[C@@H](C(=O)N=C(N)N[N+](=O)[O-])N(CCc1cnc[nH]1)C(=O)C(c1ccccc1)c1ccccc1. The van der Waals surface area contributed by atoms with Gasteiger partial charge >= 0.3 is 0 Å². The highest BCUT2D eigenvalue weighted by atomic mass is 16.7. The summed E-state index contributed by atoms with van der Waals surface area (Å²) in [6, 6.07) is 17.5. The first-order valence-corrected chi connectivity index (χ1v) is 11.8. The van der Waals surface area contributed by atoms with Crippen molar-refractivity contribution >= 4 is 17.8 Å². The van der Waals surface area contributed by atoms with Gasteiger partial charge in [-0.25, -0.2) is 15.1 Å². The fraction of sp³-hybridized carbons (Fsp3) is 0.280. The first-order chi connectivity index (χ1) is 17.9. The second kappa shape index (κ2) is 13.5. The lowest BCUT2D eigenvalue weighted by Crippen LogP contribution is -2.49. The smallest absolute Gasteiger partial charge is 0.271 e. The van der Waals surface area contributed by atoms with Gasteiger partial charge in [-0.05, 0) is 30.5 Å². The van der Waals surface area contributed by atoms with Gasteiger partial charge in [-0.1, -0.05) is 66.1 Å². The summed E-state index contributed by atoms with van der Waals surface area (Å²) in [5.41, 5.74) is 15.2. The van der Waals surface area contributed by atoms with Crippen molar-refractivity contribution in [3.8, 4) is 0 Å². The van der Waals surface area contributed by atoms with Gasteiger partial charge in [-0.15, -0.1) is 0 Å². The Labute approximate surface area is 213 Å². The second-order valence-corrected chi connectivity index (χ2v) is 8.26. The maximum Gasteiger partial charge on any atom is 0.271 e. The van der Waals surface area contributed by atoms with E-state index in [0.717, 1.165) is 16.8 Å². The third-order valence-corrected chi connectivity index (χ3v) is 5.75. The lowest BCUT2D eigenvalue weighted by Gasteiger charge is -2.33. The van der Waals surface area contributed by atoms with Crippen molar-refractivity contribution in [1.82, 2.24) is 20.3 Å². The van der Waals surface area contributed by atoms with E-state index in [1.165, 1.54) is 11.2 Å². The van der Waals surface area contributed by atoms with E-state index in [1.807, 2.05) is 60.7 Å². The molecule has 12 nitrogen and oxygen atoms in total. The monoisotopic (exact) mass is 506 g/mol. The molecule has 0 fully saturated rings. The third-order valence-electron chi connectivity index (χ3n) is 5.75. The Bertz CT molecular complexity index is 1150. The summed E-state index contributed by atoms with van der Waals surface area (Å²) in [7, 11) is 0. The van der Waals surface area contributed by atoms with Crippen LogP contribution in [0.3, 0.4) is 0 Å². The quantitative estimate of drug-likeness (QED) is 0.123. The minimum atomic E-state index is -1.04.